The van der Waals surface area contributed by atoms with E-state index in [0.29, 0.717) is 0 Å². The van der Waals surface area contributed by atoms with Gasteiger partial charge in [0.1, 0.15) is 0 Å². The molecule has 0 amide bonds. The van der Waals surface area contributed by atoms with Crippen LogP contribution in [0.3, 0.4) is 0 Å². The van der Waals surface area contributed by atoms with E-state index >= 15 is 0 Å². The lowest BCUT2D eigenvalue weighted by atomic mass is 10.2. The van der Waals surface area contributed by atoms with E-state index in [0.717, 1.165) is 12.5 Å². The fourth-order valence-corrected chi connectivity index (χ4v) is 2.10. The molecule has 2 rings (SSSR count). The number of rotatable bonds is 4. The Morgan fingerprint density at radius 3 is 2.24 bits per heavy atom. The summed E-state index contributed by atoms with van der Waals surface area (Å²) in [4.78, 5) is 0. The molecule has 0 bridgehead atoms. The van der Waals surface area contributed by atoms with Crippen molar-refractivity contribution in [2.45, 2.75) is 52.4 Å². The van der Waals surface area contributed by atoms with Gasteiger partial charge in [-0.15, -0.1) is 0 Å². The van der Waals surface area contributed by atoms with Crippen molar-refractivity contribution in [2.24, 2.45) is 5.92 Å². The zero-order valence-electron chi connectivity index (χ0n) is 11.4. The van der Waals surface area contributed by atoms with Gasteiger partial charge in [-0.3, -0.25) is 0 Å². The van der Waals surface area contributed by atoms with E-state index in [1.54, 1.807) is 0 Å². The molecule has 0 aromatic heterocycles. The standard InChI is InChI=1S/C10H15N.C6H12/c1-2-3-9-11-10-7-5-4-6-8-10;1-6-4-2-3-5-6/h4-8,11H,2-3,9H2,1H3;6H,2-5H2,1H3. The third kappa shape index (κ3) is 7.04. The molecule has 0 aliphatic heterocycles. The van der Waals surface area contributed by atoms with Crippen molar-refractivity contribution in [3.8, 4) is 0 Å². The Labute approximate surface area is 107 Å². The van der Waals surface area contributed by atoms with Crippen LogP contribution in [-0.4, -0.2) is 6.54 Å². The Hall–Kier alpha value is -0.980. The lowest BCUT2D eigenvalue weighted by Crippen LogP contribution is -1.99. The van der Waals surface area contributed by atoms with Crippen LogP contribution in [0, 0.1) is 5.92 Å². The quantitative estimate of drug-likeness (QED) is 0.714. The molecule has 0 atom stereocenters. The molecule has 0 heterocycles. The molecule has 1 nitrogen and oxygen atoms in total. The lowest BCUT2D eigenvalue weighted by Gasteiger charge is -2.03. The number of benzene rings is 1. The number of nitrogens with one attached hydrogen (secondary N) is 1. The van der Waals surface area contributed by atoms with Gasteiger partial charge in [-0.1, -0.05) is 64.2 Å². The highest BCUT2D eigenvalue weighted by molar-refractivity contribution is 5.42. The molecule has 0 radical (unpaired) electrons. The molecule has 1 aromatic rings. The summed E-state index contributed by atoms with van der Waals surface area (Å²) in [7, 11) is 0. The highest BCUT2D eigenvalue weighted by Crippen LogP contribution is 2.22. The van der Waals surface area contributed by atoms with Crippen molar-refractivity contribution in [3.63, 3.8) is 0 Å². The van der Waals surface area contributed by atoms with Crippen molar-refractivity contribution in [1.82, 2.24) is 0 Å². The number of hydrogen-bond acceptors (Lipinski definition) is 1. The molecular weight excluding hydrogens is 206 g/mol. The van der Waals surface area contributed by atoms with Gasteiger partial charge in [0.15, 0.2) is 0 Å². The van der Waals surface area contributed by atoms with E-state index in [-0.39, 0.29) is 0 Å². The minimum atomic E-state index is 1.05. The monoisotopic (exact) mass is 233 g/mol. The van der Waals surface area contributed by atoms with E-state index in [9.17, 15) is 0 Å². The maximum absolute atomic E-state index is 3.35. The summed E-state index contributed by atoms with van der Waals surface area (Å²) in [6.07, 6.45) is 8.44. The third-order valence-electron chi connectivity index (χ3n) is 3.28. The SMILES string of the molecule is CC1CCCC1.CCCCNc1ccccc1. The second kappa shape index (κ2) is 9.09. The molecule has 1 N–H and O–H groups in total. The van der Waals surface area contributed by atoms with Crippen molar-refractivity contribution in [2.75, 3.05) is 11.9 Å². The predicted molar refractivity (Wildman–Crippen MR) is 77.5 cm³/mol. The summed E-state index contributed by atoms with van der Waals surface area (Å²) in [5.41, 5.74) is 1.22. The van der Waals surface area contributed by atoms with Crippen molar-refractivity contribution in [3.05, 3.63) is 30.3 Å². The minimum Gasteiger partial charge on any atom is -0.385 e. The van der Waals surface area contributed by atoms with Crippen LogP contribution in [-0.2, 0) is 0 Å². The van der Waals surface area contributed by atoms with Crippen molar-refractivity contribution < 1.29 is 0 Å². The molecule has 0 spiro atoms. The van der Waals surface area contributed by atoms with Gasteiger partial charge in [-0.05, 0) is 24.5 Å². The maximum Gasteiger partial charge on any atom is 0.0340 e. The van der Waals surface area contributed by atoms with Crippen LogP contribution < -0.4 is 5.32 Å². The largest absolute Gasteiger partial charge is 0.385 e. The molecular formula is C16H27N. The molecule has 1 aliphatic carbocycles. The number of hydrogen-bond donors (Lipinski definition) is 1. The van der Waals surface area contributed by atoms with Gasteiger partial charge in [0.05, 0.1) is 0 Å². The van der Waals surface area contributed by atoms with Crippen LogP contribution in [0.4, 0.5) is 5.69 Å². The highest BCUT2D eigenvalue weighted by Gasteiger charge is 2.07. The molecule has 1 saturated carbocycles. The third-order valence-corrected chi connectivity index (χ3v) is 3.28. The number of anilines is 1. The van der Waals surface area contributed by atoms with Gasteiger partial charge in [-0.2, -0.15) is 0 Å². The average Bonchev–Trinajstić information content (AvgIpc) is 2.83. The molecule has 1 heteroatoms. The summed E-state index contributed by atoms with van der Waals surface area (Å²) in [5, 5.41) is 3.35. The summed E-state index contributed by atoms with van der Waals surface area (Å²) in [6, 6.07) is 10.3. The fraction of sp³-hybridized carbons (Fsp3) is 0.625. The Morgan fingerprint density at radius 1 is 1.12 bits per heavy atom. The van der Waals surface area contributed by atoms with Gasteiger partial charge >= 0.3 is 0 Å². The van der Waals surface area contributed by atoms with Crippen LogP contribution >= 0.6 is 0 Å². The van der Waals surface area contributed by atoms with Crippen molar-refractivity contribution >= 4 is 5.69 Å². The summed E-state index contributed by atoms with van der Waals surface area (Å²) in [5.74, 6) is 1.05. The summed E-state index contributed by atoms with van der Waals surface area (Å²) in [6.45, 7) is 5.63. The molecule has 0 unspecified atom stereocenters. The first kappa shape index (κ1) is 14.1. The second-order valence-corrected chi connectivity index (χ2v) is 5.04. The molecule has 1 aliphatic rings. The van der Waals surface area contributed by atoms with Gasteiger partial charge in [0.2, 0.25) is 0 Å². The summed E-state index contributed by atoms with van der Waals surface area (Å²) < 4.78 is 0. The zero-order valence-corrected chi connectivity index (χ0v) is 11.4. The maximum atomic E-state index is 3.35. The van der Waals surface area contributed by atoms with Gasteiger partial charge < -0.3 is 5.32 Å². The molecule has 1 aromatic carbocycles. The first-order valence-corrected chi connectivity index (χ1v) is 7.12. The van der Waals surface area contributed by atoms with E-state index in [1.807, 2.05) is 18.2 Å². The van der Waals surface area contributed by atoms with Crippen LogP contribution in [0.2, 0.25) is 0 Å². The first-order valence-electron chi connectivity index (χ1n) is 7.12. The molecule has 0 saturated heterocycles. The summed E-state index contributed by atoms with van der Waals surface area (Å²) >= 11 is 0. The van der Waals surface area contributed by atoms with Gasteiger partial charge in [0, 0.05) is 12.2 Å². The van der Waals surface area contributed by atoms with Gasteiger partial charge in [-0.25, -0.2) is 0 Å². The smallest absolute Gasteiger partial charge is 0.0340 e. The predicted octanol–water partition coefficient (Wildman–Crippen LogP) is 5.10. The topological polar surface area (TPSA) is 12.0 Å². The minimum absolute atomic E-state index is 1.05. The Bertz CT molecular complexity index is 262. The number of para-hydroxylation sites is 1. The highest BCUT2D eigenvalue weighted by atomic mass is 14.9. The molecule has 96 valence electrons. The van der Waals surface area contributed by atoms with Crippen molar-refractivity contribution in [1.29, 1.82) is 0 Å². The van der Waals surface area contributed by atoms with Gasteiger partial charge in [0.25, 0.3) is 0 Å². The van der Waals surface area contributed by atoms with Crippen LogP contribution in [0.1, 0.15) is 52.4 Å². The van der Waals surface area contributed by atoms with Crippen LogP contribution in [0.25, 0.3) is 0 Å². The first-order chi connectivity index (χ1) is 8.33. The van der Waals surface area contributed by atoms with Crippen LogP contribution in [0.15, 0.2) is 30.3 Å². The van der Waals surface area contributed by atoms with Crippen LogP contribution in [0.5, 0.6) is 0 Å². The van der Waals surface area contributed by atoms with E-state index in [2.05, 4.69) is 31.3 Å². The van der Waals surface area contributed by atoms with E-state index in [4.69, 9.17) is 0 Å². The number of unbranched alkanes of at least 4 members (excludes halogenated alkanes) is 1. The Balaban J connectivity index is 0.000000202. The normalized spacial score (nSPS) is 15.2. The second-order valence-electron chi connectivity index (χ2n) is 5.04. The molecule has 17 heavy (non-hydrogen) atoms. The van der Waals surface area contributed by atoms with E-state index in [1.165, 1.54) is 44.2 Å². The van der Waals surface area contributed by atoms with E-state index < -0.39 is 0 Å². The zero-order chi connectivity index (χ0) is 12.3. The Morgan fingerprint density at radius 2 is 1.76 bits per heavy atom. The Kier molecular flexibility index (Phi) is 7.53. The average molecular weight is 233 g/mol. The molecule has 1 fully saturated rings. The lowest BCUT2D eigenvalue weighted by molar-refractivity contribution is 0.612. The fourth-order valence-electron chi connectivity index (χ4n) is 2.10.